The average molecular weight is 306 g/mol. The number of thiophene rings is 1. The van der Waals surface area contributed by atoms with Crippen LogP contribution < -0.4 is 0 Å². The van der Waals surface area contributed by atoms with Crippen LogP contribution in [-0.2, 0) is 0 Å². The number of nitro groups is 1. The molecule has 1 aromatic carbocycles. The molecule has 0 fully saturated rings. The number of carboxylic acids is 1. The van der Waals surface area contributed by atoms with Gasteiger partial charge in [0.2, 0.25) is 0 Å². The molecule has 0 saturated heterocycles. The maximum Gasteiger partial charge on any atom is 0.345 e. The van der Waals surface area contributed by atoms with Crippen molar-refractivity contribution in [3.05, 3.63) is 50.2 Å². The Morgan fingerprint density at radius 3 is 2.75 bits per heavy atom. The molecule has 1 N–H and O–H groups in total. The highest BCUT2D eigenvalue weighted by atomic mass is 32.2. The fourth-order valence-electron chi connectivity index (χ4n) is 1.43. The molecule has 1 heterocycles. The van der Waals surface area contributed by atoms with E-state index in [4.69, 9.17) is 10.4 Å². The zero-order valence-electron chi connectivity index (χ0n) is 9.77. The second kappa shape index (κ2) is 5.73. The van der Waals surface area contributed by atoms with Crippen LogP contribution in [0, 0.1) is 21.4 Å². The van der Waals surface area contributed by atoms with Gasteiger partial charge in [-0.25, -0.2) is 4.79 Å². The van der Waals surface area contributed by atoms with E-state index in [2.05, 4.69) is 0 Å². The standard InChI is InChI=1S/C12H6N2O4S2/c13-5-7-1-2-10(9(3-7)14(17)18)20-8-4-11(12(15)16)19-6-8/h1-4,6H,(H,15,16). The van der Waals surface area contributed by atoms with Crippen molar-refractivity contribution in [2.75, 3.05) is 0 Å². The van der Waals surface area contributed by atoms with E-state index >= 15 is 0 Å². The van der Waals surface area contributed by atoms with E-state index in [9.17, 15) is 14.9 Å². The molecule has 6 nitrogen and oxygen atoms in total. The topological polar surface area (TPSA) is 104 Å². The molecule has 0 bridgehead atoms. The predicted octanol–water partition coefficient (Wildman–Crippen LogP) is 3.38. The normalized spacial score (nSPS) is 9.95. The Balaban J connectivity index is 2.35. The molecule has 0 amide bonds. The van der Waals surface area contributed by atoms with Crippen LogP contribution in [0.15, 0.2) is 39.4 Å². The Morgan fingerprint density at radius 1 is 1.45 bits per heavy atom. The van der Waals surface area contributed by atoms with E-state index in [0.29, 0.717) is 9.79 Å². The minimum Gasteiger partial charge on any atom is -0.477 e. The van der Waals surface area contributed by atoms with Crippen molar-refractivity contribution in [2.45, 2.75) is 9.79 Å². The monoisotopic (exact) mass is 306 g/mol. The minimum absolute atomic E-state index is 0.169. The lowest BCUT2D eigenvalue weighted by Gasteiger charge is -2.01. The molecule has 0 unspecified atom stereocenters. The SMILES string of the molecule is N#Cc1ccc(Sc2csc(C(=O)O)c2)c([N+](=O)[O-])c1. The van der Waals surface area contributed by atoms with Crippen LogP contribution in [0.2, 0.25) is 0 Å². The van der Waals surface area contributed by atoms with Crippen LogP contribution >= 0.6 is 23.1 Å². The molecule has 0 aliphatic heterocycles. The van der Waals surface area contributed by atoms with E-state index in [-0.39, 0.29) is 16.1 Å². The van der Waals surface area contributed by atoms with Crippen molar-refractivity contribution in [3.63, 3.8) is 0 Å². The minimum atomic E-state index is -1.03. The van der Waals surface area contributed by atoms with Crippen molar-refractivity contribution in [1.29, 1.82) is 5.26 Å². The van der Waals surface area contributed by atoms with Crippen LogP contribution in [0.1, 0.15) is 15.2 Å². The maximum absolute atomic E-state index is 11.0. The lowest BCUT2D eigenvalue weighted by atomic mass is 10.2. The van der Waals surface area contributed by atoms with Gasteiger partial charge in [0.25, 0.3) is 5.69 Å². The maximum atomic E-state index is 11.0. The number of nitrogens with zero attached hydrogens (tertiary/aromatic N) is 2. The molecular formula is C12H6N2O4S2. The van der Waals surface area contributed by atoms with Gasteiger partial charge in [0.15, 0.2) is 0 Å². The van der Waals surface area contributed by atoms with Crippen LogP contribution in [0.4, 0.5) is 5.69 Å². The number of rotatable bonds is 4. The summed E-state index contributed by atoms with van der Waals surface area (Å²) in [6.45, 7) is 0. The molecule has 0 aliphatic rings. The summed E-state index contributed by atoms with van der Waals surface area (Å²) in [7, 11) is 0. The first-order chi connectivity index (χ1) is 9.51. The Bertz CT molecular complexity index is 733. The summed E-state index contributed by atoms with van der Waals surface area (Å²) in [5, 5.41) is 30.2. The molecule has 0 aliphatic carbocycles. The zero-order chi connectivity index (χ0) is 14.7. The summed E-state index contributed by atoms with van der Waals surface area (Å²) in [4.78, 5) is 22.4. The third kappa shape index (κ3) is 2.96. The molecule has 0 saturated carbocycles. The molecule has 8 heteroatoms. The van der Waals surface area contributed by atoms with Gasteiger partial charge < -0.3 is 5.11 Å². The van der Waals surface area contributed by atoms with Gasteiger partial charge >= 0.3 is 5.97 Å². The third-order valence-corrected chi connectivity index (χ3v) is 4.40. The van der Waals surface area contributed by atoms with Gasteiger partial charge in [-0.05, 0) is 18.2 Å². The molecule has 2 rings (SSSR count). The molecule has 20 heavy (non-hydrogen) atoms. The summed E-state index contributed by atoms with van der Waals surface area (Å²) in [5.41, 5.74) is 0.0368. The fraction of sp³-hybridized carbons (Fsp3) is 0. The number of benzene rings is 1. The van der Waals surface area contributed by atoms with Gasteiger partial charge in [-0.2, -0.15) is 5.26 Å². The highest BCUT2D eigenvalue weighted by Gasteiger charge is 2.17. The summed E-state index contributed by atoms with van der Waals surface area (Å²) >= 11 is 2.15. The van der Waals surface area contributed by atoms with E-state index in [0.717, 1.165) is 23.1 Å². The van der Waals surface area contributed by atoms with E-state index in [1.54, 1.807) is 5.38 Å². The van der Waals surface area contributed by atoms with Crippen LogP contribution in [0.25, 0.3) is 0 Å². The average Bonchev–Trinajstić information content (AvgIpc) is 2.87. The smallest absolute Gasteiger partial charge is 0.345 e. The van der Waals surface area contributed by atoms with Gasteiger partial charge in [0, 0.05) is 16.3 Å². The molecule has 2 aromatic rings. The highest BCUT2D eigenvalue weighted by molar-refractivity contribution is 7.99. The van der Waals surface area contributed by atoms with Gasteiger partial charge in [0.1, 0.15) is 4.88 Å². The molecule has 100 valence electrons. The Kier molecular flexibility index (Phi) is 4.02. The highest BCUT2D eigenvalue weighted by Crippen LogP contribution is 2.37. The predicted molar refractivity (Wildman–Crippen MR) is 73.2 cm³/mol. The van der Waals surface area contributed by atoms with Crippen LogP contribution in [0.5, 0.6) is 0 Å². The molecule has 0 atom stereocenters. The summed E-state index contributed by atoms with van der Waals surface area (Å²) in [6, 6.07) is 7.47. The summed E-state index contributed by atoms with van der Waals surface area (Å²) in [6.07, 6.45) is 0. The van der Waals surface area contributed by atoms with Gasteiger partial charge in [-0.15, -0.1) is 11.3 Å². The lowest BCUT2D eigenvalue weighted by Crippen LogP contribution is -1.92. The first-order valence-corrected chi connectivity index (χ1v) is 6.89. The van der Waals surface area contributed by atoms with Crippen molar-refractivity contribution in [3.8, 4) is 6.07 Å². The number of carbonyl (C=O) groups is 1. The number of nitriles is 1. The number of nitro benzene ring substituents is 1. The fourth-order valence-corrected chi connectivity index (χ4v) is 3.25. The number of hydrogen-bond donors (Lipinski definition) is 1. The zero-order valence-corrected chi connectivity index (χ0v) is 11.4. The van der Waals surface area contributed by atoms with Crippen molar-refractivity contribution < 1.29 is 14.8 Å². The molecule has 0 radical (unpaired) electrons. The first kappa shape index (κ1) is 14.0. The van der Waals surface area contributed by atoms with Crippen molar-refractivity contribution >= 4 is 34.8 Å². The Hall–Kier alpha value is -2.37. The molecular weight excluding hydrogens is 300 g/mol. The third-order valence-electron chi connectivity index (χ3n) is 2.30. The van der Waals surface area contributed by atoms with Crippen LogP contribution in [-0.4, -0.2) is 16.0 Å². The first-order valence-electron chi connectivity index (χ1n) is 5.19. The van der Waals surface area contributed by atoms with Crippen LogP contribution in [0.3, 0.4) is 0 Å². The molecule has 0 spiro atoms. The lowest BCUT2D eigenvalue weighted by molar-refractivity contribution is -0.387. The Morgan fingerprint density at radius 2 is 2.20 bits per heavy atom. The van der Waals surface area contributed by atoms with E-state index in [1.165, 1.54) is 24.3 Å². The summed E-state index contributed by atoms with van der Waals surface area (Å²) < 4.78 is 0. The number of hydrogen-bond acceptors (Lipinski definition) is 6. The van der Waals surface area contributed by atoms with E-state index in [1.807, 2.05) is 6.07 Å². The largest absolute Gasteiger partial charge is 0.477 e. The van der Waals surface area contributed by atoms with Crippen molar-refractivity contribution in [2.24, 2.45) is 0 Å². The second-order valence-corrected chi connectivity index (χ2v) is 5.63. The number of carboxylic acid groups (broad SMARTS) is 1. The van der Waals surface area contributed by atoms with Gasteiger partial charge in [-0.3, -0.25) is 10.1 Å². The Labute approximate surface area is 121 Å². The van der Waals surface area contributed by atoms with Crippen molar-refractivity contribution in [1.82, 2.24) is 0 Å². The molecule has 1 aromatic heterocycles. The second-order valence-electron chi connectivity index (χ2n) is 3.61. The number of aromatic carboxylic acids is 1. The van der Waals surface area contributed by atoms with E-state index < -0.39 is 10.9 Å². The summed E-state index contributed by atoms with van der Waals surface area (Å²) in [5.74, 6) is -1.03. The quantitative estimate of drug-likeness (QED) is 0.686. The van der Waals surface area contributed by atoms with Gasteiger partial charge in [-0.1, -0.05) is 11.8 Å². The van der Waals surface area contributed by atoms with Gasteiger partial charge in [0.05, 0.1) is 21.5 Å².